The van der Waals surface area contributed by atoms with Crippen molar-refractivity contribution in [2.45, 2.75) is 6.92 Å². The van der Waals surface area contributed by atoms with Crippen molar-refractivity contribution in [3.05, 3.63) is 127 Å². The minimum absolute atomic E-state index is 0.576. The van der Waals surface area contributed by atoms with Gasteiger partial charge in [0.15, 0.2) is 11.4 Å². The van der Waals surface area contributed by atoms with Gasteiger partial charge in [-0.15, -0.1) is 0 Å². The number of oxazole rings is 1. The molecule has 0 amide bonds. The maximum absolute atomic E-state index is 6.28. The zero-order valence-corrected chi connectivity index (χ0v) is 20.8. The highest BCUT2D eigenvalue weighted by molar-refractivity contribution is 6.04. The summed E-state index contributed by atoms with van der Waals surface area (Å²) >= 11 is 0. The number of benzene rings is 5. The molecule has 2 heterocycles. The summed E-state index contributed by atoms with van der Waals surface area (Å²) in [5.74, 6) is 1.26. The van der Waals surface area contributed by atoms with E-state index in [2.05, 4.69) is 55.5 Å². The Morgan fingerprint density at radius 3 is 2.00 bits per heavy atom. The lowest BCUT2D eigenvalue weighted by Gasteiger charge is -2.17. The van der Waals surface area contributed by atoms with Gasteiger partial charge in [-0.05, 0) is 35.9 Å². The first-order valence-corrected chi connectivity index (χ1v) is 12.6. The van der Waals surface area contributed by atoms with Crippen LogP contribution in [0.15, 0.2) is 126 Å². The smallest absolute Gasteiger partial charge is 0.228 e. The highest BCUT2D eigenvalue weighted by Gasteiger charge is 2.22. The minimum Gasteiger partial charge on any atom is -0.436 e. The van der Waals surface area contributed by atoms with Crippen molar-refractivity contribution in [1.82, 2.24) is 15.0 Å². The van der Waals surface area contributed by atoms with Crippen LogP contribution in [-0.4, -0.2) is 15.0 Å². The molecular weight excluding hydrogens is 466 g/mol. The summed E-state index contributed by atoms with van der Waals surface area (Å²) in [4.78, 5) is 15.1. The Morgan fingerprint density at radius 1 is 0.553 bits per heavy atom. The maximum Gasteiger partial charge on any atom is 0.228 e. The van der Waals surface area contributed by atoms with Crippen LogP contribution >= 0.6 is 0 Å². The summed E-state index contributed by atoms with van der Waals surface area (Å²) in [6, 6.07) is 40.9. The fourth-order valence-corrected chi connectivity index (χ4v) is 5.05. The Bertz CT molecular complexity index is 1890. The fourth-order valence-electron chi connectivity index (χ4n) is 5.05. The van der Waals surface area contributed by atoms with E-state index in [0.717, 1.165) is 61.1 Å². The Balaban J connectivity index is 1.58. The van der Waals surface area contributed by atoms with Crippen LogP contribution in [0.4, 0.5) is 0 Å². The first kappa shape index (κ1) is 22.1. The number of hydrogen-bond acceptors (Lipinski definition) is 4. The lowest BCUT2D eigenvalue weighted by Crippen LogP contribution is -2.02. The molecule has 0 N–H and O–H groups in total. The van der Waals surface area contributed by atoms with Crippen molar-refractivity contribution in [3.8, 4) is 45.4 Å². The van der Waals surface area contributed by atoms with E-state index < -0.39 is 0 Å². The molecule has 7 aromatic rings. The van der Waals surface area contributed by atoms with Gasteiger partial charge < -0.3 is 4.42 Å². The van der Waals surface area contributed by atoms with Crippen molar-refractivity contribution in [3.63, 3.8) is 0 Å². The average molecular weight is 490 g/mol. The maximum atomic E-state index is 6.28. The van der Waals surface area contributed by atoms with Gasteiger partial charge in [-0.3, -0.25) is 0 Å². The molecule has 0 aliphatic carbocycles. The second kappa shape index (κ2) is 9.09. The fraction of sp³-hybridized carbons (Fsp3) is 0.0294. The van der Waals surface area contributed by atoms with Crippen molar-refractivity contribution >= 4 is 21.9 Å². The van der Waals surface area contributed by atoms with Crippen molar-refractivity contribution in [2.24, 2.45) is 0 Å². The molecule has 0 unspecified atom stereocenters. The van der Waals surface area contributed by atoms with Crippen LogP contribution < -0.4 is 0 Å². The normalized spacial score (nSPS) is 11.3. The molecule has 0 saturated heterocycles. The highest BCUT2D eigenvalue weighted by Crippen LogP contribution is 2.41. The highest BCUT2D eigenvalue weighted by atomic mass is 16.3. The third kappa shape index (κ3) is 3.75. The van der Waals surface area contributed by atoms with Gasteiger partial charge in [-0.2, -0.15) is 0 Å². The molecule has 4 nitrogen and oxygen atoms in total. The van der Waals surface area contributed by atoms with Crippen LogP contribution in [0.5, 0.6) is 0 Å². The summed E-state index contributed by atoms with van der Waals surface area (Å²) in [6.45, 7) is 2.10. The number of hydrogen-bond donors (Lipinski definition) is 0. The number of para-hydroxylation sites is 2. The van der Waals surface area contributed by atoms with Crippen molar-refractivity contribution in [1.29, 1.82) is 0 Å². The van der Waals surface area contributed by atoms with Crippen LogP contribution in [0.2, 0.25) is 0 Å². The molecule has 0 fully saturated rings. The molecule has 38 heavy (non-hydrogen) atoms. The summed E-state index contributed by atoms with van der Waals surface area (Å²) in [5.41, 5.74) is 8.28. The molecule has 0 radical (unpaired) electrons. The molecule has 180 valence electrons. The monoisotopic (exact) mass is 489 g/mol. The van der Waals surface area contributed by atoms with Gasteiger partial charge in [-0.25, -0.2) is 15.0 Å². The second-order valence-corrected chi connectivity index (χ2v) is 9.30. The molecule has 0 spiro atoms. The molecule has 2 aromatic heterocycles. The van der Waals surface area contributed by atoms with Gasteiger partial charge in [0.05, 0.1) is 11.4 Å². The Morgan fingerprint density at radius 2 is 1.21 bits per heavy atom. The average Bonchev–Trinajstić information content (AvgIpc) is 3.42. The Hall–Kier alpha value is -5.09. The van der Waals surface area contributed by atoms with E-state index in [-0.39, 0.29) is 0 Å². The largest absolute Gasteiger partial charge is 0.436 e. The summed E-state index contributed by atoms with van der Waals surface area (Å²) in [5, 5.41) is 2.22. The number of aromatic nitrogens is 3. The van der Waals surface area contributed by atoms with E-state index >= 15 is 0 Å². The SMILES string of the molecule is Cc1c(-c2ccccc2)nc(-c2ccccc2)nc1-c1c(-c2nc3ccccc3o2)ccc2ccccc12. The summed E-state index contributed by atoms with van der Waals surface area (Å²) in [7, 11) is 0. The quantitative estimate of drug-likeness (QED) is 0.248. The Kier molecular flexibility index (Phi) is 5.30. The van der Waals surface area contributed by atoms with Gasteiger partial charge in [0.25, 0.3) is 0 Å². The predicted molar refractivity (Wildman–Crippen MR) is 154 cm³/mol. The van der Waals surface area contributed by atoms with E-state index in [9.17, 15) is 0 Å². The summed E-state index contributed by atoms with van der Waals surface area (Å²) in [6.07, 6.45) is 0. The summed E-state index contributed by atoms with van der Waals surface area (Å²) < 4.78 is 6.28. The van der Waals surface area contributed by atoms with Gasteiger partial charge in [0.2, 0.25) is 5.89 Å². The van der Waals surface area contributed by atoms with E-state index in [0.29, 0.717) is 11.7 Å². The van der Waals surface area contributed by atoms with Gasteiger partial charge in [0, 0.05) is 27.8 Å². The van der Waals surface area contributed by atoms with Crippen molar-refractivity contribution < 1.29 is 4.42 Å². The zero-order valence-electron chi connectivity index (χ0n) is 20.8. The topological polar surface area (TPSA) is 51.8 Å². The molecule has 5 aromatic carbocycles. The van der Waals surface area contributed by atoms with Crippen LogP contribution in [0.25, 0.3) is 67.2 Å². The minimum atomic E-state index is 0.576. The van der Waals surface area contributed by atoms with E-state index in [1.165, 1.54) is 0 Å². The Labute approximate surface area is 220 Å². The molecular formula is C34H23N3O. The molecule has 4 heteroatoms. The molecule has 0 aliphatic heterocycles. The third-order valence-electron chi connectivity index (χ3n) is 6.92. The van der Waals surface area contributed by atoms with Gasteiger partial charge >= 0.3 is 0 Å². The third-order valence-corrected chi connectivity index (χ3v) is 6.92. The molecule has 0 bridgehead atoms. The first-order valence-electron chi connectivity index (χ1n) is 12.6. The van der Waals surface area contributed by atoms with E-state index in [4.69, 9.17) is 19.4 Å². The van der Waals surface area contributed by atoms with Crippen molar-refractivity contribution in [2.75, 3.05) is 0 Å². The van der Waals surface area contributed by atoms with E-state index in [1.807, 2.05) is 72.8 Å². The van der Waals surface area contributed by atoms with Crippen LogP contribution in [-0.2, 0) is 0 Å². The van der Waals surface area contributed by atoms with Gasteiger partial charge in [-0.1, -0.05) is 103 Å². The zero-order chi connectivity index (χ0) is 25.5. The molecule has 7 rings (SSSR count). The van der Waals surface area contributed by atoms with E-state index in [1.54, 1.807) is 0 Å². The standard InChI is InChI=1S/C34H23N3O/c1-22-31(24-13-4-2-5-14-24)36-33(25-15-6-3-7-16-25)37-32(22)30-26-17-9-8-12-23(26)20-21-27(30)34-35-28-18-10-11-19-29(28)38-34/h2-21H,1H3. The lowest BCUT2D eigenvalue weighted by molar-refractivity contribution is 0.620. The lowest BCUT2D eigenvalue weighted by atomic mass is 9.92. The van der Waals surface area contributed by atoms with Gasteiger partial charge in [0.1, 0.15) is 5.52 Å². The first-order chi connectivity index (χ1) is 18.8. The predicted octanol–water partition coefficient (Wildman–Crippen LogP) is 8.75. The van der Waals surface area contributed by atoms with Crippen LogP contribution in [0.1, 0.15) is 5.56 Å². The molecule has 0 aliphatic rings. The number of fused-ring (bicyclic) bond motifs is 2. The van der Waals surface area contributed by atoms with Crippen LogP contribution in [0, 0.1) is 6.92 Å². The number of nitrogens with zero attached hydrogens (tertiary/aromatic N) is 3. The molecule has 0 atom stereocenters. The molecule has 0 saturated carbocycles. The number of rotatable bonds is 4. The van der Waals surface area contributed by atoms with Crippen LogP contribution in [0.3, 0.4) is 0 Å². The second-order valence-electron chi connectivity index (χ2n) is 9.30.